The Morgan fingerprint density at radius 3 is 2.76 bits per heavy atom. The molecule has 0 saturated carbocycles. The Morgan fingerprint density at radius 2 is 1.95 bits per heavy atom. The highest BCUT2D eigenvalue weighted by molar-refractivity contribution is 5.89. The number of amides is 1. The van der Waals surface area contributed by atoms with E-state index in [1.54, 1.807) is 19.1 Å². The quantitative estimate of drug-likeness (QED) is 0.461. The molecule has 2 aromatic carbocycles. The molecule has 0 atom stereocenters. The zero-order valence-electron chi connectivity index (χ0n) is 20.5. The number of aryl methyl sites for hydroxylation is 1. The number of benzene rings is 2. The highest BCUT2D eigenvalue weighted by Gasteiger charge is 2.24. The summed E-state index contributed by atoms with van der Waals surface area (Å²) < 4.78 is 21.1. The molecule has 0 spiro atoms. The van der Waals surface area contributed by atoms with Crippen LogP contribution in [-0.2, 0) is 22.5 Å². The molecule has 2 aliphatic rings. The number of halogens is 1. The van der Waals surface area contributed by atoms with Crippen LogP contribution in [0.2, 0.25) is 0 Å². The van der Waals surface area contributed by atoms with Gasteiger partial charge in [0, 0.05) is 37.8 Å². The Kier molecular flexibility index (Phi) is 6.05. The predicted octanol–water partition coefficient (Wildman–Crippen LogP) is 2.44. The summed E-state index contributed by atoms with van der Waals surface area (Å²) >= 11 is 0. The van der Waals surface area contributed by atoms with Gasteiger partial charge in [-0.15, -0.1) is 0 Å². The number of rotatable bonds is 4. The number of carbonyl (C=O) groups excluding carboxylic acids is 1. The Hall–Kier alpha value is -3.89. The summed E-state index contributed by atoms with van der Waals surface area (Å²) in [5, 5.41) is 11.8. The number of ether oxygens (including phenoxy) is 1. The van der Waals surface area contributed by atoms with Gasteiger partial charge in [-0.2, -0.15) is 14.9 Å². The van der Waals surface area contributed by atoms with Gasteiger partial charge in [0.25, 0.3) is 5.56 Å². The fourth-order valence-electron chi connectivity index (χ4n) is 5.11. The van der Waals surface area contributed by atoms with E-state index in [0.29, 0.717) is 55.1 Å². The lowest BCUT2D eigenvalue weighted by Gasteiger charge is -2.32. The number of aromatic nitrogens is 4. The van der Waals surface area contributed by atoms with E-state index in [4.69, 9.17) is 4.74 Å². The van der Waals surface area contributed by atoms with Gasteiger partial charge in [-0.1, -0.05) is 24.3 Å². The molecule has 0 aliphatic carbocycles. The van der Waals surface area contributed by atoms with Gasteiger partial charge in [0.05, 0.1) is 25.3 Å². The molecule has 37 heavy (non-hydrogen) atoms. The van der Waals surface area contributed by atoms with Gasteiger partial charge in [0.15, 0.2) is 0 Å². The number of fused-ring (bicyclic) bond motifs is 2. The highest BCUT2D eigenvalue weighted by Crippen LogP contribution is 2.29. The predicted molar refractivity (Wildman–Crippen MR) is 136 cm³/mol. The second kappa shape index (κ2) is 9.53. The van der Waals surface area contributed by atoms with Gasteiger partial charge >= 0.3 is 0 Å². The second-order valence-electron chi connectivity index (χ2n) is 9.57. The lowest BCUT2D eigenvalue weighted by atomic mass is 9.96. The molecule has 2 aromatic heterocycles. The topological polar surface area (TPSA) is 96.3 Å². The van der Waals surface area contributed by atoms with Crippen LogP contribution in [0.25, 0.3) is 28.0 Å². The SMILES string of the molecule is Cc1cccc(F)c1-n1nc2c(-c3ccc4c(c3)CN(C(=O)CN3CCOCC3)CC4)n[nH]c2cc1=O. The molecular formula is C27H27FN6O3. The third-order valence-electron chi connectivity index (χ3n) is 7.15. The fraction of sp³-hybridized carbons (Fsp3) is 0.333. The fourth-order valence-corrected chi connectivity index (χ4v) is 5.11. The minimum Gasteiger partial charge on any atom is -0.379 e. The third-order valence-corrected chi connectivity index (χ3v) is 7.15. The number of hydrogen-bond donors (Lipinski definition) is 1. The molecule has 9 nitrogen and oxygen atoms in total. The van der Waals surface area contributed by atoms with Crippen LogP contribution in [0.15, 0.2) is 47.3 Å². The van der Waals surface area contributed by atoms with Crippen molar-refractivity contribution in [2.24, 2.45) is 0 Å². The first-order valence-electron chi connectivity index (χ1n) is 12.4. The summed E-state index contributed by atoms with van der Waals surface area (Å²) in [4.78, 5) is 29.8. The number of aromatic amines is 1. The van der Waals surface area contributed by atoms with Crippen LogP contribution < -0.4 is 5.56 Å². The van der Waals surface area contributed by atoms with E-state index < -0.39 is 11.4 Å². The van der Waals surface area contributed by atoms with Gasteiger partial charge in [0.1, 0.15) is 22.7 Å². The summed E-state index contributed by atoms with van der Waals surface area (Å²) in [5.74, 6) is -0.399. The second-order valence-corrected chi connectivity index (χ2v) is 9.57. The molecule has 190 valence electrons. The van der Waals surface area contributed by atoms with Crippen molar-refractivity contribution in [1.82, 2.24) is 29.8 Å². The van der Waals surface area contributed by atoms with Gasteiger partial charge in [-0.25, -0.2) is 4.39 Å². The van der Waals surface area contributed by atoms with Crippen LogP contribution in [0.3, 0.4) is 0 Å². The van der Waals surface area contributed by atoms with Crippen molar-refractivity contribution < 1.29 is 13.9 Å². The molecule has 1 fully saturated rings. The maximum atomic E-state index is 14.6. The van der Waals surface area contributed by atoms with Crippen LogP contribution in [-0.4, -0.2) is 75.1 Å². The smallest absolute Gasteiger partial charge is 0.273 e. The van der Waals surface area contributed by atoms with Crippen molar-refractivity contribution in [3.05, 3.63) is 75.3 Å². The van der Waals surface area contributed by atoms with E-state index in [9.17, 15) is 14.0 Å². The average molecular weight is 503 g/mol. The van der Waals surface area contributed by atoms with Gasteiger partial charge in [-0.05, 0) is 42.2 Å². The van der Waals surface area contributed by atoms with Crippen LogP contribution in [0.4, 0.5) is 4.39 Å². The Labute approximate surface area is 212 Å². The molecule has 10 heteroatoms. The molecule has 6 rings (SSSR count). The van der Waals surface area contributed by atoms with Crippen molar-refractivity contribution in [2.45, 2.75) is 19.9 Å². The van der Waals surface area contributed by atoms with Crippen molar-refractivity contribution in [1.29, 1.82) is 0 Å². The maximum absolute atomic E-state index is 14.6. The first kappa shape index (κ1) is 23.5. The average Bonchev–Trinajstić information content (AvgIpc) is 3.31. The molecule has 0 radical (unpaired) electrons. The van der Waals surface area contributed by atoms with Crippen LogP contribution in [0.5, 0.6) is 0 Å². The van der Waals surface area contributed by atoms with Gasteiger partial charge in [-0.3, -0.25) is 19.6 Å². The minimum absolute atomic E-state index is 0.120. The zero-order valence-corrected chi connectivity index (χ0v) is 20.5. The molecule has 0 unspecified atom stereocenters. The number of nitrogens with one attached hydrogen (secondary N) is 1. The van der Waals surface area contributed by atoms with E-state index in [-0.39, 0.29) is 11.6 Å². The monoisotopic (exact) mass is 502 g/mol. The molecular weight excluding hydrogens is 475 g/mol. The van der Waals surface area contributed by atoms with E-state index >= 15 is 0 Å². The highest BCUT2D eigenvalue weighted by atomic mass is 19.1. The third kappa shape index (κ3) is 4.42. The summed E-state index contributed by atoms with van der Waals surface area (Å²) in [7, 11) is 0. The Morgan fingerprint density at radius 1 is 1.11 bits per heavy atom. The van der Waals surface area contributed by atoms with Crippen molar-refractivity contribution in [2.75, 3.05) is 39.4 Å². The number of para-hydroxylation sites is 1. The number of nitrogens with zero attached hydrogens (tertiary/aromatic N) is 5. The number of H-pyrrole nitrogens is 1. The standard InChI is InChI=1S/C27H27FN6O3/c1-17-3-2-4-21(28)27(17)34-23(35)14-22-26(31-34)25(30-29-22)19-6-5-18-7-8-33(15-20(18)13-19)24(36)16-32-9-11-37-12-10-32/h2-6,13-14,29H,7-12,15-16H2,1H3. The van der Waals surface area contributed by atoms with Crippen LogP contribution in [0, 0.1) is 12.7 Å². The largest absolute Gasteiger partial charge is 0.379 e. The molecule has 2 aliphatic heterocycles. The number of hydrogen-bond acceptors (Lipinski definition) is 6. The number of morpholine rings is 1. The summed E-state index contributed by atoms with van der Waals surface area (Å²) in [5.41, 5.74) is 4.88. The minimum atomic E-state index is -0.519. The summed E-state index contributed by atoms with van der Waals surface area (Å²) in [6, 6.07) is 12.1. The molecule has 4 heterocycles. The van der Waals surface area contributed by atoms with E-state index in [2.05, 4.69) is 26.3 Å². The Bertz CT molecular complexity index is 1540. The normalized spacial score (nSPS) is 16.2. The Balaban J connectivity index is 1.32. The van der Waals surface area contributed by atoms with Crippen LogP contribution >= 0.6 is 0 Å². The van der Waals surface area contributed by atoms with Crippen LogP contribution in [0.1, 0.15) is 16.7 Å². The van der Waals surface area contributed by atoms with Crippen molar-refractivity contribution in [3.63, 3.8) is 0 Å². The van der Waals surface area contributed by atoms with Crippen molar-refractivity contribution in [3.8, 4) is 16.9 Å². The first-order chi connectivity index (χ1) is 18.0. The summed E-state index contributed by atoms with van der Waals surface area (Å²) in [6.07, 6.45) is 0.788. The molecule has 4 aromatic rings. The van der Waals surface area contributed by atoms with Crippen molar-refractivity contribution >= 4 is 16.9 Å². The van der Waals surface area contributed by atoms with Gasteiger partial charge < -0.3 is 9.64 Å². The molecule has 1 amide bonds. The van der Waals surface area contributed by atoms with Gasteiger partial charge in [0.2, 0.25) is 5.91 Å². The molecule has 0 bridgehead atoms. The zero-order chi connectivity index (χ0) is 25.5. The van der Waals surface area contributed by atoms with E-state index in [1.165, 1.54) is 17.7 Å². The summed E-state index contributed by atoms with van der Waals surface area (Å²) in [6.45, 7) is 6.23. The molecule has 1 saturated heterocycles. The van der Waals surface area contributed by atoms with E-state index in [0.717, 1.165) is 35.3 Å². The van der Waals surface area contributed by atoms with E-state index in [1.807, 2.05) is 17.0 Å². The molecule has 1 N–H and O–H groups in total. The lowest BCUT2D eigenvalue weighted by Crippen LogP contribution is -2.46. The lowest BCUT2D eigenvalue weighted by molar-refractivity contribution is -0.134. The first-order valence-corrected chi connectivity index (χ1v) is 12.4. The number of carbonyl (C=O) groups is 1. The maximum Gasteiger partial charge on any atom is 0.273 e.